The number of hydrogen-bond acceptors (Lipinski definition) is 6. The Labute approximate surface area is 227 Å². The molecular formula is C28H34ClN5O2S. The molecule has 1 fully saturated rings. The molecule has 5 rings (SSSR count). The van der Waals surface area contributed by atoms with E-state index in [0.29, 0.717) is 23.1 Å². The van der Waals surface area contributed by atoms with Crippen molar-refractivity contribution in [3.8, 4) is 5.75 Å². The van der Waals surface area contributed by atoms with Gasteiger partial charge in [-0.3, -0.25) is 5.32 Å². The number of aromatic nitrogens is 1. The molecule has 2 aliphatic heterocycles. The van der Waals surface area contributed by atoms with Crippen LogP contribution in [0.4, 0.5) is 27.7 Å². The van der Waals surface area contributed by atoms with Crippen LogP contribution in [0.2, 0.25) is 5.02 Å². The van der Waals surface area contributed by atoms with Crippen LogP contribution < -0.4 is 15.5 Å². The smallest absolute Gasteiger partial charge is 0.324 e. The molecule has 3 aromatic rings. The van der Waals surface area contributed by atoms with E-state index < -0.39 is 0 Å². The summed E-state index contributed by atoms with van der Waals surface area (Å²) in [6, 6.07) is 10.8. The van der Waals surface area contributed by atoms with E-state index in [0.717, 1.165) is 54.4 Å². The second kappa shape index (κ2) is 9.82. The highest BCUT2D eigenvalue weighted by molar-refractivity contribution is 7.09. The van der Waals surface area contributed by atoms with Gasteiger partial charge < -0.3 is 20.2 Å². The molecule has 2 aliphatic rings. The third-order valence-corrected chi connectivity index (χ3v) is 8.27. The molecule has 0 saturated carbocycles. The van der Waals surface area contributed by atoms with Gasteiger partial charge in [-0.2, -0.15) is 0 Å². The molecule has 0 bridgehead atoms. The topological polar surface area (TPSA) is 80.7 Å². The number of carbonyl (C=O) groups is 1. The fraction of sp³-hybridized carbons (Fsp3) is 0.429. The summed E-state index contributed by atoms with van der Waals surface area (Å²) in [5, 5.41) is 20.2. The van der Waals surface area contributed by atoms with Gasteiger partial charge in [-0.25, -0.2) is 9.78 Å². The molecule has 3 N–H and O–H groups in total. The number of phenols is 1. The van der Waals surface area contributed by atoms with Crippen molar-refractivity contribution in [1.29, 1.82) is 0 Å². The number of urea groups is 1. The molecule has 0 radical (unpaired) electrons. The highest BCUT2D eigenvalue weighted by atomic mass is 35.5. The normalized spacial score (nSPS) is 17.2. The number of nitrogens with one attached hydrogen (secondary N) is 2. The second-order valence-corrected chi connectivity index (χ2v) is 12.8. The standard InChI is InChI=1S/C28H34ClN5O2S/c1-18-30-23(15-37-18)32-26(36)31-20-7-5-6-8-21(20)34-17-28(24-19(29)9-10-22(35)25(24)34)11-13-33(14-12-28)16-27(2,3)4/h5-10,15,35H,11-14,16-17H2,1-4H3,(H2,31,32,36). The number of thiazole rings is 1. The maximum Gasteiger partial charge on any atom is 0.324 e. The molecular weight excluding hydrogens is 506 g/mol. The van der Waals surface area contributed by atoms with Crippen LogP contribution in [0, 0.1) is 12.3 Å². The number of phenolic OH excluding ortho intramolecular Hbond substituents is 1. The quantitative estimate of drug-likeness (QED) is 0.333. The third kappa shape index (κ3) is 5.28. The predicted molar refractivity (Wildman–Crippen MR) is 153 cm³/mol. The molecule has 7 nitrogen and oxygen atoms in total. The summed E-state index contributed by atoms with van der Waals surface area (Å²) in [5.74, 6) is 0.722. The van der Waals surface area contributed by atoms with E-state index in [4.69, 9.17) is 11.6 Å². The molecule has 196 valence electrons. The Morgan fingerprint density at radius 3 is 2.57 bits per heavy atom. The third-order valence-electron chi connectivity index (χ3n) is 7.18. The summed E-state index contributed by atoms with van der Waals surface area (Å²) in [6.45, 7) is 12.4. The van der Waals surface area contributed by atoms with Gasteiger partial charge in [-0.05, 0) is 62.5 Å². The number of fused-ring (bicyclic) bond motifs is 2. The van der Waals surface area contributed by atoms with E-state index in [1.165, 1.54) is 11.3 Å². The summed E-state index contributed by atoms with van der Waals surface area (Å²) in [5.41, 5.74) is 3.29. The fourth-order valence-electron chi connectivity index (χ4n) is 5.72. The molecule has 1 spiro atoms. The molecule has 1 saturated heterocycles. The first-order valence-corrected chi connectivity index (χ1v) is 13.9. The first kappa shape index (κ1) is 25.8. The zero-order valence-corrected chi connectivity index (χ0v) is 23.3. The van der Waals surface area contributed by atoms with Crippen LogP contribution in [-0.2, 0) is 5.41 Å². The minimum absolute atomic E-state index is 0.174. The molecule has 0 unspecified atom stereocenters. The van der Waals surface area contributed by atoms with E-state index in [1.807, 2.05) is 36.6 Å². The Bertz CT molecular complexity index is 1310. The highest BCUT2D eigenvalue weighted by Gasteiger charge is 2.48. The van der Waals surface area contributed by atoms with E-state index in [-0.39, 0.29) is 22.6 Å². The maximum absolute atomic E-state index is 12.8. The van der Waals surface area contributed by atoms with Crippen molar-refractivity contribution in [3.63, 3.8) is 0 Å². The van der Waals surface area contributed by atoms with Crippen molar-refractivity contribution < 1.29 is 9.90 Å². The number of anilines is 4. The lowest BCUT2D eigenvalue weighted by atomic mass is 9.74. The Morgan fingerprint density at radius 1 is 1.16 bits per heavy atom. The average Bonchev–Trinajstić information content (AvgIpc) is 3.39. The first-order chi connectivity index (χ1) is 17.5. The van der Waals surface area contributed by atoms with Crippen molar-refractivity contribution in [3.05, 3.63) is 57.4 Å². The van der Waals surface area contributed by atoms with Gasteiger partial charge in [0.15, 0.2) is 0 Å². The lowest BCUT2D eigenvalue weighted by molar-refractivity contribution is 0.125. The van der Waals surface area contributed by atoms with Crippen LogP contribution >= 0.6 is 22.9 Å². The molecule has 3 heterocycles. The summed E-state index contributed by atoms with van der Waals surface area (Å²) in [7, 11) is 0. The molecule has 9 heteroatoms. The monoisotopic (exact) mass is 539 g/mol. The second-order valence-electron chi connectivity index (χ2n) is 11.3. The zero-order valence-electron chi connectivity index (χ0n) is 21.8. The number of aryl methyl sites for hydroxylation is 1. The van der Waals surface area contributed by atoms with Crippen molar-refractivity contribution in [2.24, 2.45) is 5.41 Å². The van der Waals surface area contributed by atoms with Crippen molar-refractivity contribution in [2.45, 2.75) is 46.0 Å². The van der Waals surface area contributed by atoms with Gasteiger partial charge in [0.25, 0.3) is 0 Å². The van der Waals surface area contributed by atoms with Crippen LogP contribution in [0.1, 0.15) is 44.2 Å². The zero-order chi connectivity index (χ0) is 26.4. The number of rotatable bonds is 4. The lowest BCUT2D eigenvalue weighted by Crippen LogP contribution is -2.47. The number of piperidine rings is 1. The molecule has 37 heavy (non-hydrogen) atoms. The number of likely N-dealkylation sites (tertiary alicyclic amines) is 1. The Kier molecular flexibility index (Phi) is 6.85. The Balaban J connectivity index is 1.45. The van der Waals surface area contributed by atoms with Gasteiger partial charge in [0, 0.05) is 34.5 Å². The van der Waals surface area contributed by atoms with Crippen molar-refractivity contribution in [2.75, 3.05) is 41.7 Å². The SMILES string of the molecule is Cc1nc(NC(=O)Nc2ccccc2N2CC3(CCN(CC(C)(C)C)CC3)c3c(Cl)ccc(O)c32)cs1. The van der Waals surface area contributed by atoms with Crippen LogP contribution in [0.15, 0.2) is 41.8 Å². The van der Waals surface area contributed by atoms with Crippen LogP contribution in [0.5, 0.6) is 5.75 Å². The number of benzene rings is 2. The van der Waals surface area contributed by atoms with Gasteiger partial charge in [0.2, 0.25) is 0 Å². The molecule has 0 atom stereocenters. The van der Waals surface area contributed by atoms with Gasteiger partial charge in [0.05, 0.1) is 22.1 Å². The predicted octanol–water partition coefficient (Wildman–Crippen LogP) is 6.99. The summed E-state index contributed by atoms with van der Waals surface area (Å²) in [6.07, 6.45) is 1.91. The van der Waals surface area contributed by atoms with E-state index in [1.54, 1.807) is 12.1 Å². The fourth-order valence-corrected chi connectivity index (χ4v) is 6.62. The van der Waals surface area contributed by atoms with E-state index >= 15 is 0 Å². The minimum atomic E-state index is -0.363. The minimum Gasteiger partial charge on any atom is -0.506 e. The van der Waals surface area contributed by atoms with Gasteiger partial charge >= 0.3 is 6.03 Å². The lowest BCUT2D eigenvalue weighted by Gasteiger charge is -2.42. The number of carbonyl (C=O) groups excluding carboxylic acids is 1. The Hall–Kier alpha value is -2.81. The number of nitrogens with zero attached hydrogens (tertiary/aromatic N) is 3. The van der Waals surface area contributed by atoms with E-state index in [9.17, 15) is 9.90 Å². The molecule has 1 aromatic heterocycles. The number of aromatic hydroxyl groups is 1. The van der Waals surface area contributed by atoms with Crippen LogP contribution in [0.3, 0.4) is 0 Å². The van der Waals surface area contributed by atoms with E-state index in [2.05, 4.69) is 46.2 Å². The number of halogens is 1. The van der Waals surface area contributed by atoms with Gasteiger partial charge in [-0.15, -0.1) is 11.3 Å². The van der Waals surface area contributed by atoms with Crippen LogP contribution in [-0.4, -0.2) is 47.2 Å². The summed E-state index contributed by atoms with van der Waals surface area (Å²) in [4.78, 5) is 21.8. The Morgan fingerprint density at radius 2 is 1.89 bits per heavy atom. The van der Waals surface area contributed by atoms with Crippen LogP contribution in [0.25, 0.3) is 0 Å². The molecule has 2 aromatic carbocycles. The molecule has 0 aliphatic carbocycles. The summed E-state index contributed by atoms with van der Waals surface area (Å²) < 4.78 is 0. The number of hydrogen-bond donors (Lipinski definition) is 3. The first-order valence-electron chi connectivity index (χ1n) is 12.7. The maximum atomic E-state index is 12.8. The largest absolute Gasteiger partial charge is 0.506 e. The highest BCUT2D eigenvalue weighted by Crippen LogP contribution is 2.56. The molecule has 2 amide bonds. The average molecular weight is 540 g/mol. The summed E-state index contributed by atoms with van der Waals surface area (Å²) >= 11 is 8.32. The number of para-hydroxylation sites is 2. The number of amides is 2. The van der Waals surface area contributed by atoms with Gasteiger partial charge in [0.1, 0.15) is 11.6 Å². The van der Waals surface area contributed by atoms with Gasteiger partial charge in [-0.1, -0.05) is 44.5 Å². The van der Waals surface area contributed by atoms with Crippen molar-refractivity contribution >= 4 is 51.8 Å². The van der Waals surface area contributed by atoms with Crippen molar-refractivity contribution in [1.82, 2.24) is 9.88 Å².